The summed E-state index contributed by atoms with van der Waals surface area (Å²) < 4.78 is 0. The first-order chi connectivity index (χ1) is 13.4. The molecule has 1 heterocycles. The van der Waals surface area contributed by atoms with Gasteiger partial charge in [0.2, 0.25) is 11.8 Å². The number of hydrogen-bond donors (Lipinski definition) is 4. The molecule has 0 atom stereocenters. The van der Waals surface area contributed by atoms with E-state index in [9.17, 15) is 24.5 Å². The number of non-ortho nitro benzene ring substituents is 1. The summed E-state index contributed by atoms with van der Waals surface area (Å²) in [5, 5.41) is 15.9. The number of nitro groups is 1. The highest BCUT2D eigenvalue weighted by molar-refractivity contribution is 5.96. The topological polar surface area (TPSA) is 150 Å². The van der Waals surface area contributed by atoms with Gasteiger partial charge >= 0.3 is 5.69 Å². The van der Waals surface area contributed by atoms with E-state index in [2.05, 4.69) is 20.6 Å². The van der Waals surface area contributed by atoms with Crippen molar-refractivity contribution >= 4 is 34.2 Å². The van der Waals surface area contributed by atoms with Gasteiger partial charge in [-0.05, 0) is 30.2 Å². The number of H-pyrrole nitrogens is 2. The van der Waals surface area contributed by atoms with Crippen LogP contribution in [0.1, 0.15) is 12.0 Å². The Morgan fingerprint density at radius 3 is 2.61 bits per heavy atom. The van der Waals surface area contributed by atoms with Crippen molar-refractivity contribution in [1.82, 2.24) is 15.3 Å². The summed E-state index contributed by atoms with van der Waals surface area (Å²) in [6.07, 6.45) is 0.428. The van der Waals surface area contributed by atoms with E-state index in [-0.39, 0.29) is 30.2 Å². The molecule has 1 aromatic heterocycles. The van der Waals surface area contributed by atoms with E-state index < -0.39 is 10.8 Å². The van der Waals surface area contributed by atoms with Crippen molar-refractivity contribution in [1.29, 1.82) is 0 Å². The molecule has 0 spiro atoms. The standard InChI is InChI=1S/C18H17N5O5/c24-16(7-4-11-2-1-3-13(8-11)23(27)28)19-10-17(25)20-12-5-6-14-15(9-12)22-18(26)21-14/h1-3,5-6,8-9H,4,7,10H2,(H,19,24)(H,20,25)(H2,21,22,26). The first kappa shape index (κ1) is 18.8. The van der Waals surface area contributed by atoms with Crippen molar-refractivity contribution in [2.75, 3.05) is 11.9 Å². The molecule has 2 amide bonds. The zero-order valence-corrected chi connectivity index (χ0v) is 14.7. The Balaban J connectivity index is 1.47. The van der Waals surface area contributed by atoms with Gasteiger partial charge in [-0.1, -0.05) is 12.1 Å². The average molecular weight is 383 g/mol. The molecule has 28 heavy (non-hydrogen) atoms. The number of aromatic nitrogens is 2. The van der Waals surface area contributed by atoms with Crippen LogP contribution >= 0.6 is 0 Å². The van der Waals surface area contributed by atoms with Crippen molar-refractivity contribution in [2.24, 2.45) is 0 Å². The molecule has 3 rings (SSSR count). The van der Waals surface area contributed by atoms with E-state index in [0.29, 0.717) is 28.7 Å². The largest absolute Gasteiger partial charge is 0.347 e. The molecule has 0 saturated heterocycles. The second-order valence-electron chi connectivity index (χ2n) is 6.09. The molecule has 0 bridgehead atoms. The number of amides is 2. The summed E-state index contributed by atoms with van der Waals surface area (Å²) in [5.41, 5.74) is 1.97. The summed E-state index contributed by atoms with van der Waals surface area (Å²) in [7, 11) is 0. The van der Waals surface area contributed by atoms with Crippen LogP contribution < -0.4 is 16.3 Å². The first-order valence-electron chi connectivity index (χ1n) is 8.42. The maximum Gasteiger partial charge on any atom is 0.323 e. The molecule has 0 aliphatic rings. The lowest BCUT2D eigenvalue weighted by Gasteiger charge is -2.07. The van der Waals surface area contributed by atoms with E-state index in [1.54, 1.807) is 30.3 Å². The molecule has 10 nitrogen and oxygen atoms in total. The number of hydrogen-bond acceptors (Lipinski definition) is 5. The van der Waals surface area contributed by atoms with Gasteiger partial charge in [-0.25, -0.2) is 4.79 Å². The number of benzene rings is 2. The fourth-order valence-corrected chi connectivity index (χ4v) is 2.67. The second-order valence-corrected chi connectivity index (χ2v) is 6.09. The smallest absolute Gasteiger partial charge is 0.323 e. The molecule has 0 radical (unpaired) electrons. The lowest BCUT2D eigenvalue weighted by Crippen LogP contribution is -2.32. The zero-order chi connectivity index (χ0) is 20.1. The van der Waals surface area contributed by atoms with Gasteiger partial charge in [-0.2, -0.15) is 0 Å². The molecule has 2 aromatic carbocycles. The number of fused-ring (bicyclic) bond motifs is 1. The molecule has 4 N–H and O–H groups in total. The fraction of sp³-hybridized carbons (Fsp3) is 0.167. The highest BCUT2D eigenvalue weighted by Gasteiger charge is 2.09. The molecule has 0 aliphatic heterocycles. The lowest BCUT2D eigenvalue weighted by molar-refractivity contribution is -0.384. The predicted molar refractivity (Wildman–Crippen MR) is 102 cm³/mol. The summed E-state index contributed by atoms with van der Waals surface area (Å²) in [6, 6.07) is 11.0. The number of anilines is 1. The molecule has 10 heteroatoms. The highest BCUT2D eigenvalue weighted by atomic mass is 16.6. The third kappa shape index (κ3) is 4.81. The Labute approximate surface area is 158 Å². The van der Waals surface area contributed by atoms with E-state index in [1.807, 2.05) is 0 Å². The van der Waals surface area contributed by atoms with Crippen LogP contribution in [0.4, 0.5) is 11.4 Å². The second kappa shape index (κ2) is 8.16. The predicted octanol–water partition coefficient (Wildman–Crippen LogP) is 1.45. The maximum atomic E-state index is 12.0. The van der Waals surface area contributed by atoms with Crippen LogP contribution in [0.25, 0.3) is 11.0 Å². The van der Waals surface area contributed by atoms with Gasteiger partial charge in [-0.15, -0.1) is 0 Å². The molecule has 3 aromatic rings. The Hall–Kier alpha value is -3.95. The molecule has 144 valence electrons. The van der Waals surface area contributed by atoms with Crippen molar-refractivity contribution in [3.05, 3.63) is 68.6 Å². The number of carbonyl (C=O) groups is 2. The Morgan fingerprint density at radius 2 is 1.82 bits per heavy atom. The fourth-order valence-electron chi connectivity index (χ4n) is 2.67. The van der Waals surface area contributed by atoms with Gasteiger partial charge in [0.25, 0.3) is 5.69 Å². The summed E-state index contributed by atoms with van der Waals surface area (Å²) in [6.45, 7) is -0.213. The normalized spacial score (nSPS) is 10.6. The lowest BCUT2D eigenvalue weighted by atomic mass is 10.1. The molecular weight excluding hydrogens is 366 g/mol. The number of carbonyl (C=O) groups excluding carboxylic acids is 2. The van der Waals surface area contributed by atoms with E-state index in [1.165, 1.54) is 12.1 Å². The molecule has 0 aliphatic carbocycles. The maximum absolute atomic E-state index is 12.0. The SMILES string of the molecule is O=C(CCc1cccc([N+](=O)[O-])c1)NCC(=O)Nc1ccc2[nH]c(=O)[nH]c2c1. The Bertz CT molecular complexity index is 1100. The Morgan fingerprint density at radius 1 is 1.04 bits per heavy atom. The number of imidazole rings is 1. The number of nitrogens with one attached hydrogen (secondary N) is 4. The minimum atomic E-state index is -0.492. The minimum absolute atomic E-state index is 0.0296. The first-order valence-corrected chi connectivity index (χ1v) is 8.42. The number of nitrogens with zero attached hydrogens (tertiary/aromatic N) is 1. The van der Waals surface area contributed by atoms with Crippen molar-refractivity contribution in [2.45, 2.75) is 12.8 Å². The molecule has 0 fully saturated rings. The van der Waals surface area contributed by atoms with Gasteiger partial charge in [-0.3, -0.25) is 19.7 Å². The number of aromatic amines is 2. The van der Waals surface area contributed by atoms with Crippen LogP contribution in [-0.2, 0) is 16.0 Å². The van der Waals surface area contributed by atoms with Crippen LogP contribution in [0.3, 0.4) is 0 Å². The van der Waals surface area contributed by atoms with Crippen molar-refractivity contribution in [3.8, 4) is 0 Å². The van der Waals surface area contributed by atoms with E-state index >= 15 is 0 Å². The monoisotopic (exact) mass is 383 g/mol. The molecule has 0 saturated carbocycles. The zero-order valence-electron chi connectivity index (χ0n) is 14.7. The van der Waals surface area contributed by atoms with Gasteiger partial charge in [0.15, 0.2) is 0 Å². The van der Waals surface area contributed by atoms with Gasteiger partial charge < -0.3 is 20.6 Å². The van der Waals surface area contributed by atoms with Crippen molar-refractivity contribution in [3.63, 3.8) is 0 Å². The quantitative estimate of drug-likeness (QED) is 0.360. The number of aryl methyl sites for hydroxylation is 1. The Kier molecular flexibility index (Phi) is 5.49. The summed E-state index contributed by atoms with van der Waals surface area (Å²) in [4.78, 5) is 50.6. The van der Waals surface area contributed by atoms with Gasteiger partial charge in [0.05, 0.1) is 22.5 Å². The minimum Gasteiger partial charge on any atom is -0.347 e. The summed E-state index contributed by atoms with van der Waals surface area (Å²) in [5.74, 6) is -0.756. The third-order valence-corrected chi connectivity index (χ3v) is 4.01. The number of rotatable bonds is 7. The van der Waals surface area contributed by atoms with E-state index in [4.69, 9.17) is 0 Å². The van der Waals surface area contributed by atoms with Crippen LogP contribution in [0.5, 0.6) is 0 Å². The van der Waals surface area contributed by atoms with Crippen LogP contribution in [0.15, 0.2) is 47.3 Å². The van der Waals surface area contributed by atoms with E-state index in [0.717, 1.165) is 0 Å². The van der Waals surface area contributed by atoms with Crippen molar-refractivity contribution < 1.29 is 14.5 Å². The highest BCUT2D eigenvalue weighted by Crippen LogP contribution is 2.15. The number of nitro benzene ring substituents is 1. The van der Waals surface area contributed by atoms with Crippen LogP contribution in [0, 0.1) is 10.1 Å². The third-order valence-electron chi connectivity index (χ3n) is 4.01. The average Bonchev–Trinajstić information content (AvgIpc) is 3.04. The molecular formula is C18H17N5O5. The van der Waals surface area contributed by atoms with Crippen LogP contribution in [0.2, 0.25) is 0 Å². The van der Waals surface area contributed by atoms with Crippen LogP contribution in [-0.4, -0.2) is 33.3 Å². The van der Waals surface area contributed by atoms with Gasteiger partial charge in [0.1, 0.15) is 0 Å². The summed E-state index contributed by atoms with van der Waals surface area (Å²) >= 11 is 0. The molecule has 0 unspecified atom stereocenters. The van der Waals surface area contributed by atoms with Gasteiger partial charge in [0, 0.05) is 24.2 Å².